The molecule has 0 aliphatic rings. The van der Waals surface area contributed by atoms with E-state index in [1.54, 1.807) is 0 Å². The van der Waals surface area contributed by atoms with Gasteiger partial charge in [-0.3, -0.25) is 0 Å². The lowest BCUT2D eigenvalue weighted by atomic mass is 10.1. The summed E-state index contributed by atoms with van der Waals surface area (Å²) in [6, 6.07) is 12.5. The topological polar surface area (TPSA) is 42.2 Å². The van der Waals surface area contributed by atoms with Crippen molar-refractivity contribution >= 4 is 11.5 Å². The first-order valence-electron chi connectivity index (χ1n) is 8.50. The minimum atomic E-state index is 0.932. The van der Waals surface area contributed by atoms with Crippen LogP contribution in [0.15, 0.2) is 42.6 Å². The minimum absolute atomic E-state index is 0.932. The highest BCUT2D eigenvalue weighted by atomic mass is 15.3. The number of aromatic nitrogens is 3. The van der Waals surface area contributed by atoms with Crippen molar-refractivity contribution in [3.8, 4) is 11.1 Å². The molecule has 0 spiro atoms. The zero-order valence-corrected chi connectivity index (χ0v) is 13.9. The van der Waals surface area contributed by atoms with Crippen LogP contribution in [0.25, 0.3) is 16.8 Å². The number of benzene rings is 1. The quantitative estimate of drug-likeness (QED) is 0.651. The molecule has 0 saturated heterocycles. The van der Waals surface area contributed by atoms with E-state index >= 15 is 0 Å². The van der Waals surface area contributed by atoms with Gasteiger partial charge in [0.05, 0.1) is 6.20 Å². The van der Waals surface area contributed by atoms with Crippen LogP contribution in [-0.2, 0) is 6.42 Å². The molecular formula is C19H24N4. The molecule has 4 nitrogen and oxygen atoms in total. The van der Waals surface area contributed by atoms with E-state index in [-0.39, 0.29) is 0 Å². The molecule has 4 heteroatoms. The molecule has 120 valence electrons. The molecule has 23 heavy (non-hydrogen) atoms. The fourth-order valence-corrected chi connectivity index (χ4v) is 2.74. The van der Waals surface area contributed by atoms with Crippen molar-refractivity contribution in [2.45, 2.75) is 39.5 Å². The van der Waals surface area contributed by atoms with Gasteiger partial charge >= 0.3 is 0 Å². The monoisotopic (exact) mass is 308 g/mol. The summed E-state index contributed by atoms with van der Waals surface area (Å²) < 4.78 is 1.93. The number of aryl methyl sites for hydroxylation is 1. The summed E-state index contributed by atoms with van der Waals surface area (Å²) in [6.45, 7) is 5.35. The van der Waals surface area contributed by atoms with E-state index in [0.29, 0.717) is 0 Å². The highest BCUT2D eigenvalue weighted by Crippen LogP contribution is 2.25. The molecule has 0 fully saturated rings. The van der Waals surface area contributed by atoms with Crippen molar-refractivity contribution < 1.29 is 0 Å². The zero-order valence-electron chi connectivity index (χ0n) is 13.9. The first-order chi connectivity index (χ1) is 11.3. The maximum absolute atomic E-state index is 4.85. The Kier molecular flexibility index (Phi) is 4.91. The molecule has 1 N–H and O–H groups in total. The van der Waals surface area contributed by atoms with Crippen LogP contribution in [0.2, 0.25) is 0 Å². The molecule has 0 aliphatic carbocycles. The van der Waals surface area contributed by atoms with E-state index in [1.165, 1.54) is 6.42 Å². The van der Waals surface area contributed by atoms with E-state index < -0.39 is 0 Å². The second-order valence-electron chi connectivity index (χ2n) is 5.82. The van der Waals surface area contributed by atoms with Gasteiger partial charge in [0.2, 0.25) is 0 Å². The fraction of sp³-hybridized carbons (Fsp3) is 0.368. The number of hydrogen-bond acceptors (Lipinski definition) is 3. The SMILES string of the molecule is CCCCNc1cc(CCC)nc2c(-c3ccccc3)cnn12. The second-order valence-corrected chi connectivity index (χ2v) is 5.82. The van der Waals surface area contributed by atoms with Crippen molar-refractivity contribution in [1.82, 2.24) is 14.6 Å². The lowest BCUT2D eigenvalue weighted by molar-refractivity contribution is 0.813. The maximum atomic E-state index is 4.85. The standard InChI is InChI=1S/C19H24N4/c1-3-5-12-20-18-13-16(9-4-2)22-19-17(14-21-23(18)19)15-10-7-6-8-11-15/h6-8,10-11,13-14,20H,3-5,9,12H2,1-2H3. The number of fused-ring (bicyclic) bond motifs is 1. The van der Waals surface area contributed by atoms with E-state index in [0.717, 1.165) is 54.1 Å². The van der Waals surface area contributed by atoms with Gasteiger partial charge in [0.15, 0.2) is 5.65 Å². The first-order valence-corrected chi connectivity index (χ1v) is 8.50. The van der Waals surface area contributed by atoms with Crippen molar-refractivity contribution in [2.75, 3.05) is 11.9 Å². The van der Waals surface area contributed by atoms with Crippen LogP contribution in [0.5, 0.6) is 0 Å². The molecule has 0 radical (unpaired) electrons. The van der Waals surface area contributed by atoms with Gasteiger partial charge < -0.3 is 5.32 Å². The molecule has 0 aliphatic heterocycles. The Hall–Kier alpha value is -2.36. The van der Waals surface area contributed by atoms with E-state index in [1.807, 2.05) is 16.8 Å². The predicted molar refractivity (Wildman–Crippen MR) is 95.8 cm³/mol. The Morgan fingerprint density at radius 3 is 2.65 bits per heavy atom. The van der Waals surface area contributed by atoms with Crippen LogP contribution in [0.4, 0.5) is 5.82 Å². The normalized spacial score (nSPS) is 11.0. The maximum Gasteiger partial charge on any atom is 0.165 e. The minimum Gasteiger partial charge on any atom is -0.370 e. The zero-order chi connectivity index (χ0) is 16.1. The molecule has 0 saturated carbocycles. The summed E-state index contributed by atoms with van der Waals surface area (Å²) in [5.41, 5.74) is 4.29. The molecular weight excluding hydrogens is 284 g/mol. The first kappa shape index (κ1) is 15.5. The summed E-state index contributed by atoms with van der Waals surface area (Å²) in [6.07, 6.45) is 6.32. The smallest absolute Gasteiger partial charge is 0.165 e. The molecule has 0 unspecified atom stereocenters. The molecule has 0 atom stereocenters. The Morgan fingerprint density at radius 2 is 1.91 bits per heavy atom. The summed E-state index contributed by atoms with van der Waals surface area (Å²) in [5.74, 6) is 1.04. The average Bonchev–Trinajstić information content (AvgIpc) is 3.00. The lowest BCUT2D eigenvalue weighted by Crippen LogP contribution is -2.08. The van der Waals surface area contributed by atoms with Crippen molar-refractivity contribution in [3.05, 3.63) is 48.3 Å². The van der Waals surface area contributed by atoms with Crippen molar-refractivity contribution in [1.29, 1.82) is 0 Å². The largest absolute Gasteiger partial charge is 0.370 e. The number of hydrogen-bond donors (Lipinski definition) is 1. The van der Waals surface area contributed by atoms with E-state index in [9.17, 15) is 0 Å². The molecule has 2 heterocycles. The van der Waals surface area contributed by atoms with Gasteiger partial charge in [0, 0.05) is 23.9 Å². The predicted octanol–water partition coefficient (Wildman–Crippen LogP) is 4.56. The third-order valence-corrected chi connectivity index (χ3v) is 3.95. The third kappa shape index (κ3) is 3.36. The Balaban J connectivity index is 2.07. The van der Waals surface area contributed by atoms with Gasteiger partial charge in [-0.15, -0.1) is 0 Å². The van der Waals surface area contributed by atoms with Crippen LogP contribution in [0.3, 0.4) is 0 Å². The molecule has 2 aromatic heterocycles. The van der Waals surface area contributed by atoms with Gasteiger partial charge in [-0.25, -0.2) is 4.98 Å². The fourth-order valence-electron chi connectivity index (χ4n) is 2.74. The molecule has 3 aromatic rings. The Bertz CT molecular complexity index is 762. The number of anilines is 1. The third-order valence-electron chi connectivity index (χ3n) is 3.95. The van der Waals surface area contributed by atoms with Crippen molar-refractivity contribution in [2.24, 2.45) is 0 Å². The highest BCUT2D eigenvalue weighted by molar-refractivity contribution is 5.78. The molecule has 0 bridgehead atoms. The number of unbranched alkanes of at least 4 members (excludes halogenated alkanes) is 1. The van der Waals surface area contributed by atoms with Gasteiger partial charge in [-0.1, -0.05) is 57.0 Å². The van der Waals surface area contributed by atoms with E-state index in [4.69, 9.17) is 4.98 Å². The summed E-state index contributed by atoms with van der Waals surface area (Å²) >= 11 is 0. The summed E-state index contributed by atoms with van der Waals surface area (Å²) in [5, 5.41) is 8.08. The summed E-state index contributed by atoms with van der Waals surface area (Å²) in [7, 11) is 0. The Labute approximate surface area is 137 Å². The molecule has 1 aromatic carbocycles. The highest BCUT2D eigenvalue weighted by Gasteiger charge is 2.12. The van der Waals surface area contributed by atoms with Gasteiger partial charge in [-0.05, 0) is 18.4 Å². The van der Waals surface area contributed by atoms with Gasteiger partial charge in [-0.2, -0.15) is 9.61 Å². The lowest BCUT2D eigenvalue weighted by Gasteiger charge is -2.10. The number of nitrogens with zero attached hydrogens (tertiary/aromatic N) is 3. The van der Waals surface area contributed by atoms with Gasteiger partial charge in [0.25, 0.3) is 0 Å². The van der Waals surface area contributed by atoms with Crippen LogP contribution in [-0.4, -0.2) is 21.1 Å². The van der Waals surface area contributed by atoms with Crippen LogP contribution in [0.1, 0.15) is 38.8 Å². The number of rotatable bonds is 7. The Morgan fingerprint density at radius 1 is 1.09 bits per heavy atom. The van der Waals surface area contributed by atoms with E-state index in [2.05, 4.69) is 54.6 Å². The number of nitrogens with one attached hydrogen (secondary N) is 1. The molecule has 3 rings (SSSR count). The van der Waals surface area contributed by atoms with Crippen LogP contribution >= 0.6 is 0 Å². The van der Waals surface area contributed by atoms with Crippen molar-refractivity contribution in [3.63, 3.8) is 0 Å². The molecule has 0 amide bonds. The van der Waals surface area contributed by atoms with Crippen LogP contribution in [0, 0.1) is 0 Å². The van der Waals surface area contributed by atoms with Gasteiger partial charge in [0.1, 0.15) is 5.82 Å². The van der Waals surface area contributed by atoms with Crippen LogP contribution < -0.4 is 5.32 Å². The average molecular weight is 308 g/mol. The second kappa shape index (κ2) is 7.27. The summed E-state index contributed by atoms with van der Waals surface area (Å²) in [4.78, 5) is 4.85.